The van der Waals surface area contributed by atoms with Crippen molar-refractivity contribution in [3.05, 3.63) is 64.7 Å². The summed E-state index contributed by atoms with van der Waals surface area (Å²) in [6.07, 6.45) is 3.44. The predicted molar refractivity (Wildman–Crippen MR) is 119 cm³/mol. The second kappa shape index (κ2) is 7.99. The molecule has 154 valence electrons. The van der Waals surface area contributed by atoms with Gasteiger partial charge in [-0.3, -0.25) is 0 Å². The third-order valence-electron chi connectivity index (χ3n) is 6.20. The Morgan fingerprint density at radius 2 is 2.07 bits per heavy atom. The SMILES string of the molecule is CCc1cc2ccc(C(C)(C#N)CC3CCc4cc(C)ccc4O3)cc2nc1OC. The first-order valence-corrected chi connectivity index (χ1v) is 10.6. The zero-order chi connectivity index (χ0) is 21.3. The van der Waals surface area contributed by atoms with Crippen molar-refractivity contribution in [3.63, 3.8) is 0 Å². The molecule has 0 saturated carbocycles. The van der Waals surface area contributed by atoms with E-state index in [1.807, 2.05) is 13.0 Å². The first-order valence-electron chi connectivity index (χ1n) is 10.6. The summed E-state index contributed by atoms with van der Waals surface area (Å²) in [4.78, 5) is 4.69. The van der Waals surface area contributed by atoms with Gasteiger partial charge in [0.2, 0.25) is 5.88 Å². The van der Waals surface area contributed by atoms with Gasteiger partial charge in [0.15, 0.2) is 0 Å². The molecule has 0 aliphatic carbocycles. The van der Waals surface area contributed by atoms with Crippen molar-refractivity contribution in [2.45, 2.75) is 58.0 Å². The molecule has 2 atom stereocenters. The summed E-state index contributed by atoms with van der Waals surface area (Å²) >= 11 is 0. The molecule has 2 aromatic carbocycles. The van der Waals surface area contributed by atoms with Crippen LogP contribution >= 0.6 is 0 Å². The molecule has 0 fully saturated rings. The van der Waals surface area contributed by atoms with Crippen molar-refractivity contribution >= 4 is 10.9 Å². The van der Waals surface area contributed by atoms with E-state index in [0.29, 0.717) is 12.3 Å². The fourth-order valence-electron chi connectivity index (χ4n) is 4.37. The van der Waals surface area contributed by atoms with Crippen LogP contribution in [-0.4, -0.2) is 18.2 Å². The van der Waals surface area contributed by atoms with Crippen molar-refractivity contribution in [2.24, 2.45) is 0 Å². The molecule has 0 N–H and O–H groups in total. The van der Waals surface area contributed by atoms with Crippen LogP contribution in [0.2, 0.25) is 0 Å². The van der Waals surface area contributed by atoms with Gasteiger partial charge in [0.1, 0.15) is 11.9 Å². The summed E-state index contributed by atoms with van der Waals surface area (Å²) in [6.45, 7) is 6.20. The maximum Gasteiger partial charge on any atom is 0.216 e. The number of methoxy groups -OCH3 is 1. The largest absolute Gasteiger partial charge is 0.490 e. The van der Waals surface area contributed by atoms with Crippen LogP contribution in [0.3, 0.4) is 0 Å². The molecule has 4 heteroatoms. The normalized spacial score (nSPS) is 17.5. The van der Waals surface area contributed by atoms with Gasteiger partial charge >= 0.3 is 0 Å². The number of nitrogens with zero attached hydrogens (tertiary/aromatic N) is 2. The topological polar surface area (TPSA) is 55.1 Å². The van der Waals surface area contributed by atoms with Crippen molar-refractivity contribution in [2.75, 3.05) is 7.11 Å². The van der Waals surface area contributed by atoms with Crippen molar-refractivity contribution in [3.8, 4) is 17.7 Å². The fourth-order valence-corrected chi connectivity index (χ4v) is 4.37. The van der Waals surface area contributed by atoms with Crippen LogP contribution in [0.4, 0.5) is 0 Å². The Bertz CT molecular complexity index is 1130. The number of hydrogen-bond donors (Lipinski definition) is 0. The highest BCUT2D eigenvalue weighted by atomic mass is 16.5. The first-order chi connectivity index (χ1) is 14.5. The molecule has 0 amide bonds. The van der Waals surface area contributed by atoms with E-state index in [0.717, 1.165) is 47.0 Å². The number of aryl methyl sites for hydroxylation is 3. The van der Waals surface area contributed by atoms with Gasteiger partial charge in [0.25, 0.3) is 0 Å². The van der Waals surface area contributed by atoms with E-state index >= 15 is 0 Å². The number of nitriles is 1. The molecule has 4 nitrogen and oxygen atoms in total. The maximum absolute atomic E-state index is 10.1. The number of aromatic nitrogens is 1. The minimum absolute atomic E-state index is 0.0190. The van der Waals surface area contributed by atoms with Gasteiger partial charge in [0.05, 0.1) is 24.1 Å². The third-order valence-corrected chi connectivity index (χ3v) is 6.20. The van der Waals surface area contributed by atoms with Crippen LogP contribution in [0.1, 0.15) is 48.9 Å². The van der Waals surface area contributed by atoms with Gasteiger partial charge in [-0.05, 0) is 62.4 Å². The summed E-state index contributed by atoms with van der Waals surface area (Å²) in [5, 5.41) is 11.2. The summed E-state index contributed by atoms with van der Waals surface area (Å²) in [5.41, 5.74) is 4.77. The van der Waals surface area contributed by atoms with E-state index in [-0.39, 0.29) is 6.10 Å². The molecular formula is C26H28N2O2. The Hall–Kier alpha value is -3.06. The molecule has 0 bridgehead atoms. The Balaban J connectivity index is 1.63. The molecule has 2 unspecified atom stereocenters. The number of ether oxygens (including phenoxy) is 2. The van der Waals surface area contributed by atoms with Crippen LogP contribution in [0.25, 0.3) is 10.9 Å². The number of rotatable bonds is 5. The molecule has 1 aromatic heterocycles. The maximum atomic E-state index is 10.1. The highest BCUT2D eigenvalue weighted by Crippen LogP contribution is 2.36. The van der Waals surface area contributed by atoms with Gasteiger partial charge in [-0.1, -0.05) is 36.8 Å². The minimum Gasteiger partial charge on any atom is -0.490 e. The molecule has 3 aromatic rings. The van der Waals surface area contributed by atoms with Gasteiger partial charge in [0, 0.05) is 17.4 Å². The molecule has 0 spiro atoms. The van der Waals surface area contributed by atoms with Crippen molar-refractivity contribution in [1.82, 2.24) is 4.98 Å². The average Bonchev–Trinajstić information content (AvgIpc) is 2.77. The van der Waals surface area contributed by atoms with Crippen LogP contribution in [-0.2, 0) is 18.3 Å². The lowest BCUT2D eigenvalue weighted by molar-refractivity contribution is 0.146. The monoisotopic (exact) mass is 400 g/mol. The lowest BCUT2D eigenvalue weighted by Crippen LogP contribution is -2.32. The molecule has 2 heterocycles. The lowest BCUT2D eigenvalue weighted by Gasteiger charge is -2.32. The summed E-state index contributed by atoms with van der Waals surface area (Å²) in [5.74, 6) is 1.61. The zero-order valence-electron chi connectivity index (χ0n) is 18.2. The Morgan fingerprint density at radius 3 is 2.80 bits per heavy atom. The minimum atomic E-state index is -0.653. The van der Waals surface area contributed by atoms with Gasteiger partial charge in [-0.25, -0.2) is 4.98 Å². The van der Waals surface area contributed by atoms with E-state index in [2.05, 4.69) is 56.3 Å². The lowest BCUT2D eigenvalue weighted by atomic mass is 9.77. The number of fused-ring (bicyclic) bond motifs is 2. The molecule has 1 aliphatic heterocycles. The predicted octanol–water partition coefficient (Wildman–Crippen LogP) is 5.68. The highest BCUT2D eigenvalue weighted by molar-refractivity contribution is 5.81. The summed E-state index contributed by atoms with van der Waals surface area (Å²) < 4.78 is 11.7. The average molecular weight is 401 g/mol. The van der Waals surface area contributed by atoms with Crippen LogP contribution in [0, 0.1) is 18.3 Å². The van der Waals surface area contributed by atoms with Crippen LogP contribution < -0.4 is 9.47 Å². The Morgan fingerprint density at radius 1 is 1.23 bits per heavy atom. The smallest absolute Gasteiger partial charge is 0.216 e. The number of benzene rings is 2. The van der Waals surface area contributed by atoms with E-state index in [1.54, 1.807) is 7.11 Å². The second-order valence-corrected chi connectivity index (χ2v) is 8.46. The van der Waals surface area contributed by atoms with Gasteiger partial charge in [-0.15, -0.1) is 0 Å². The number of pyridine rings is 1. The van der Waals surface area contributed by atoms with E-state index in [4.69, 9.17) is 14.5 Å². The number of hydrogen-bond acceptors (Lipinski definition) is 4. The fraction of sp³-hybridized carbons (Fsp3) is 0.385. The quantitative estimate of drug-likeness (QED) is 0.553. The molecular weight excluding hydrogens is 372 g/mol. The van der Waals surface area contributed by atoms with Gasteiger partial charge < -0.3 is 9.47 Å². The summed E-state index contributed by atoms with van der Waals surface area (Å²) in [7, 11) is 1.65. The van der Waals surface area contributed by atoms with E-state index < -0.39 is 5.41 Å². The van der Waals surface area contributed by atoms with Crippen molar-refractivity contribution in [1.29, 1.82) is 5.26 Å². The standard InChI is InChI=1S/C26H28N2O2/c1-5-18-13-19-7-9-21(14-23(19)28-25(18)29-4)26(3,16-27)15-22-10-8-20-12-17(2)6-11-24(20)30-22/h6-7,9,11-14,22H,5,8,10,15H2,1-4H3. The van der Waals surface area contributed by atoms with Crippen LogP contribution in [0.15, 0.2) is 42.5 Å². The van der Waals surface area contributed by atoms with Gasteiger partial charge in [-0.2, -0.15) is 5.26 Å². The molecule has 1 aliphatic rings. The Labute approximate surface area is 178 Å². The molecule has 0 saturated heterocycles. The second-order valence-electron chi connectivity index (χ2n) is 8.46. The molecule has 30 heavy (non-hydrogen) atoms. The van der Waals surface area contributed by atoms with E-state index in [9.17, 15) is 5.26 Å². The first kappa shape index (κ1) is 20.2. The molecule has 0 radical (unpaired) electrons. The highest BCUT2D eigenvalue weighted by Gasteiger charge is 2.33. The van der Waals surface area contributed by atoms with E-state index in [1.165, 1.54) is 11.1 Å². The summed E-state index contributed by atoms with van der Waals surface area (Å²) in [6, 6.07) is 17.2. The zero-order valence-corrected chi connectivity index (χ0v) is 18.2. The Kier molecular flexibility index (Phi) is 5.39. The van der Waals surface area contributed by atoms with Crippen LogP contribution in [0.5, 0.6) is 11.6 Å². The van der Waals surface area contributed by atoms with Crippen molar-refractivity contribution < 1.29 is 9.47 Å². The molecule has 4 rings (SSSR count). The third kappa shape index (κ3) is 3.73.